The largest absolute Gasteiger partial charge is 0.465 e. The Morgan fingerprint density at radius 2 is 1.94 bits per heavy atom. The van der Waals surface area contributed by atoms with Crippen molar-refractivity contribution in [2.24, 2.45) is 7.05 Å². The average Bonchev–Trinajstić information content (AvgIpc) is 3.18. The number of ether oxygens (including phenoxy) is 1. The van der Waals surface area contributed by atoms with Crippen molar-refractivity contribution in [1.29, 1.82) is 0 Å². The Balaban J connectivity index is 1.72. The minimum Gasteiger partial charge on any atom is -0.465 e. The third-order valence-corrected chi connectivity index (χ3v) is 7.41. The number of esters is 1. The monoisotopic (exact) mass is 476 g/mol. The first-order chi connectivity index (χ1) is 15.7. The Morgan fingerprint density at radius 1 is 1.21 bits per heavy atom. The van der Waals surface area contributed by atoms with E-state index in [4.69, 9.17) is 0 Å². The smallest absolute Gasteiger partial charge is 0.337 e. The number of aryl methyl sites for hydroxylation is 1. The lowest BCUT2D eigenvalue weighted by atomic mass is 10.1. The first-order valence-electron chi connectivity index (χ1n) is 10.3. The molecule has 2 N–H and O–H groups in total. The molecule has 11 heteroatoms. The molecule has 0 aliphatic carbocycles. The fourth-order valence-corrected chi connectivity index (χ4v) is 5.06. The Hall–Kier alpha value is -3.15. The van der Waals surface area contributed by atoms with Crippen LogP contribution in [0.15, 0.2) is 42.6 Å². The van der Waals surface area contributed by atoms with E-state index in [2.05, 4.69) is 9.84 Å². The molecule has 33 heavy (non-hydrogen) atoms. The molecule has 2 amide bonds. The molecule has 2 aromatic carbocycles. The minimum absolute atomic E-state index is 0.0761. The van der Waals surface area contributed by atoms with Gasteiger partial charge in [-0.05, 0) is 24.3 Å². The summed E-state index contributed by atoms with van der Waals surface area (Å²) in [5.41, 5.74) is 1.66. The number of amides is 2. The SMILES string of the molecule is COC(=O)c1ccc(CN(C(=O)N2CCS(O)(O)CC2)c2cccc3c2cnn3C)c(F)c1. The number of aromatic nitrogens is 2. The Labute approximate surface area is 191 Å². The van der Waals surface area contributed by atoms with E-state index in [9.17, 15) is 23.1 Å². The molecular weight excluding hydrogens is 451 g/mol. The van der Waals surface area contributed by atoms with Gasteiger partial charge in [-0.15, -0.1) is 0 Å². The van der Waals surface area contributed by atoms with Gasteiger partial charge < -0.3 is 9.64 Å². The van der Waals surface area contributed by atoms with E-state index in [1.807, 2.05) is 6.07 Å². The zero-order valence-electron chi connectivity index (χ0n) is 18.3. The number of fused-ring (bicyclic) bond motifs is 1. The lowest BCUT2D eigenvalue weighted by Gasteiger charge is -2.42. The van der Waals surface area contributed by atoms with Crippen LogP contribution in [0.2, 0.25) is 0 Å². The number of hydrogen-bond acceptors (Lipinski definition) is 6. The molecule has 1 saturated heterocycles. The number of nitrogens with zero attached hydrogens (tertiary/aromatic N) is 4. The van der Waals surface area contributed by atoms with E-state index >= 15 is 0 Å². The van der Waals surface area contributed by atoms with E-state index in [-0.39, 0.29) is 48.3 Å². The summed E-state index contributed by atoms with van der Waals surface area (Å²) in [7, 11) is 0.328. The molecule has 0 radical (unpaired) electrons. The van der Waals surface area contributed by atoms with Crippen LogP contribution in [0.25, 0.3) is 10.9 Å². The predicted molar refractivity (Wildman–Crippen MR) is 124 cm³/mol. The van der Waals surface area contributed by atoms with Crippen molar-refractivity contribution in [3.05, 3.63) is 59.5 Å². The van der Waals surface area contributed by atoms with Gasteiger partial charge >= 0.3 is 12.0 Å². The molecular formula is C22H25FN4O5S. The first kappa shape index (κ1) is 23.0. The lowest BCUT2D eigenvalue weighted by Crippen LogP contribution is -2.49. The zero-order valence-corrected chi connectivity index (χ0v) is 19.1. The van der Waals surface area contributed by atoms with E-state index in [0.717, 1.165) is 17.0 Å². The molecule has 0 unspecified atom stereocenters. The van der Waals surface area contributed by atoms with Gasteiger partial charge in [-0.3, -0.25) is 18.7 Å². The van der Waals surface area contributed by atoms with Gasteiger partial charge in [-0.25, -0.2) is 14.0 Å². The van der Waals surface area contributed by atoms with Crippen LogP contribution in [0, 0.1) is 5.82 Å². The maximum atomic E-state index is 14.9. The Morgan fingerprint density at radius 3 is 2.61 bits per heavy atom. The van der Waals surface area contributed by atoms with E-state index in [1.54, 1.807) is 30.1 Å². The van der Waals surface area contributed by atoms with Gasteiger partial charge in [-0.1, -0.05) is 12.1 Å². The predicted octanol–water partition coefficient (Wildman–Crippen LogP) is 3.69. The van der Waals surface area contributed by atoms with Crippen LogP contribution in [0.1, 0.15) is 15.9 Å². The van der Waals surface area contributed by atoms with Crippen molar-refractivity contribution in [1.82, 2.24) is 14.7 Å². The van der Waals surface area contributed by atoms with Crippen LogP contribution < -0.4 is 4.90 Å². The molecule has 3 aromatic rings. The lowest BCUT2D eigenvalue weighted by molar-refractivity contribution is 0.0600. The summed E-state index contributed by atoms with van der Waals surface area (Å²) in [5, 5.41) is 4.99. The highest BCUT2D eigenvalue weighted by Gasteiger charge is 2.30. The highest BCUT2D eigenvalue weighted by molar-refractivity contribution is 8.24. The fourth-order valence-electron chi connectivity index (χ4n) is 3.83. The summed E-state index contributed by atoms with van der Waals surface area (Å²) >= 11 is 0. The van der Waals surface area contributed by atoms with Crippen LogP contribution in [0.3, 0.4) is 0 Å². The van der Waals surface area contributed by atoms with Gasteiger partial charge in [-0.2, -0.15) is 15.7 Å². The average molecular weight is 477 g/mol. The van der Waals surface area contributed by atoms with Gasteiger partial charge in [0.1, 0.15) is 5.82 Å². The van der Waals surface area contributed by atoms with Crippen LogP contribution in [-0.2, 0) is 18.3 Å². The van der Waals surface area contributed by atoms with Gasteiger partial charge in [0.25, 0.3) is 0 Å². The minimum atomic E-state index is -2.68. The van der Waals surface area contributed by atoms with Gasteiger partial charge in [0.15, 0.2) is 0 Å². The molecule has 9 nitrogen and oxygen atoms in total. The number of halogens is 1. The van der Waals surface area contributed by atoms with E-state index in [0.29, 0.717) is 5.69 Å². The molecule has 176 valence electrons. The molecule has 4 rings (SSSR count). The second-order valence-corrected chi connectivity index (χ2v) is 10.3. The second-order valence-electron chi connectivity index (χ2n) is 7.84. The van der Waals surface area contributed by atoms with Gasteiger partial charge in [0.2, 0.25) is 0 Å². The first-order valence-corrected chi connectivity index (χ1v) is 12.2. The third-order valence-electron chi connectivity index (χ3n) is 5.74. The summed E-state index contributed by atoms with van der Waals surface area (Å²) in [6.07, 6.45) is 1.65. The maximum absolute atomic E-state index is 14.9. The van der Waals surface area contributed by atoms with Crippen LogP contribution >= 0.6 is 10.6 Å². The van der Waals surface area contributed by atoms with Crippen molar-refractivity contribution in [3.8, 4) is 0 Å². The van der Waals surface area contributed by atoms with Crippen molar-refractivity contribution in [2.75, 3.05) is 36.6 Å². The highest BCUT2D eigenvalue weighted by atomic mass is 32.3. The van der Waals surface area contributed by atoms with Crippen molar-refractivity contribution in [2.45, 2.75) is 6.54 Å². The molecule has 1 aliphatic rings. The van der Waals surface area contributed by atoms with Crippen LogP contribution in [0.5, 0.6) is 0 Å². The number of urea groups is 1. The van der Waals surface area contributed by atoms with E-state index in [1.165, 1.54) is 29.0 Å². The number of carbonyl (C=O) groups is 2. The molecule has 0 saturated carbocycles. The van der Waals surface area contributed by atoms with Crippen molar-refractivity contribution >= 4 is 39.2 Å². The Bertz CT molecular complexity index is 1200. The van der Waals surface area contributed by atoms with Crippen LogP contribution in [0.4, 0.5) is 14.9 Å². The topological polar surface area (TPSA) is 108 Å². The fraction of sp³-hybridized carbons (Fsp3) is 0.318. The Kier molecular flexibility index (Phi) is 6.28. The van der Waals surface area contributed by atoms with Gasteiger partial charge in [0.05, 0.1) is 48.1 Å². The summed E-state index contributed by atoms with van der Waals surface area (Å²) in [6.45, 7) is 0.280. The quantitative estimate of drug-likeness (QED) is 0.556. The highest BCUT2D eigenvalue weighted by Crippen LogP contribution is 2.41. The number of carbonyl (C=O) groups excluding carboxylic acids is 2. The number of benzene rings is 2. The number of hydrogen-bond donors (Lipinski definition) is 2. The normalized spacial score (nSPS) is 16.5. The molecule has 1 aromatic heterocycles. The molecule has 1 fully saturated rings. The summed E-state index contributed by atoms with van der Waals surface area (Å²) in [6, 6.07) is 9.05. The molecule has 0 spiro atoms. The molecule has 1 aliphatic heterocycles. The molecule has 2 heterocycles. The maximum Gasteiger partial charge on any atom is 0.337 e. The summed E-state index contributed by atoms with van der Waals surface area (Å²) in [5.74, 6) is -1.08. The summed E-state index contributed by atoms with van der Waals surface area (Å²) in [4.78, 5) is 28.3. The van der Waals surface area contributed by atoms with Gasteiger partial charge in [0, 0.05) is 31.1 Å². The zero-order chi connectivity index (χ0) is 23.8. The molecule has 0 bridgehead atoms. The second kappa shape index (κ2) is 9.00. The third kappa shape index (κ3) is 4.65. The standard InChI is InChI=1S/C22H25FN4O5S/c1-25-19-4-3-5-20(17(19)13-24-25)27(22(29)26-8-10-33(30,31)11-9-26)14-16-7-6-15(12-18(16)23)21(28)32-2/h3-7,12-13,30-31H,8-11,14H2,1-2H3. The number of methoxy groups -OCH3 is 1. The van der Waals surface area contributed by atoms with Crippen molar-refractivity contribution in [3.63, 3.8) is 0 Å². The van der Waals surface area contributed by atoms with Crippen LogP contribution in [-0.4, -0.2) is 67.5 Å². The van der Waals surface area contributed by atoms with Crippen molar-refractivity contribution < 1.29 is 27.8 Å². The van der Waals surface area contributed by atoms with E-state index < -0.39 is 22.4 Å². The number of anilines is 1. The summed E-state index contributed by atoms with van der Waals surface area (Å²) < 4.78 is 41.1. The molecule has 0 atom stereocenters. The number of rotatable bonds is 4.